The van der Waals surface area contributed by atoms with Crippen molar-refractivity contribution in [3.8, 4) is 0 Å². The minimum atomic E-state index is -5.57. The van der Waals surface area contributed by atoms with Crippen LogP contribution in [0.2, 0.25) is 6.32 Å². The number of nitrogens with zero attached hydrogens (tertiary/aromatic N) is 4. The number of ether oxygens (including phenoxy) is 1. The van der Waals surface area contributed by atoms with Crippen LogP contribution in [0.3, 0.4) is 0 Å². The molecule has 1 radical (unpaired) electrons. The maximum Gasteiger partial charge on any atom is 0.481 e. The molecule has 0 aliphatic carbocycles. The van der Waals surface area contributed by atoms with Crippen molar-refractivity contribution in [3.05, 3.63) is 12.7 Å². The summed E-state index contributed by atoms with van der Waals surface area (Å²) in [6, 6.07) is 0. The highest BCUT2D eigenvalue weighted by atomic mass is 31.3. The van der Waals surface area contributed by atoms with Crippen LogP contribution < -0.4 is 16.4 Å². The zero-order valence-electron chi connectivity index (χ0n) is 28.4. The largest absolute Gasteiger partial charge is 0.481 e. The number of hydrogen-bond donors (Lipinski definition) is 9. The van der Waals surface area contributed by atoms with E-state index in [0.717, 1.165) is 17.2 Å². The fourth-order valence-corrected chi connectivity index (χ4v) is 7.54. The molecule has 0 bridgehead atoms. The van der Waals surface area contributed by atoms with E-state index in [4.69, 9.17) is 28.7 Å². The molecule has 10 N–H and O–H groups in total. The summed E-state index contributed by atoms with van der Waals surface area (Å²) in [7, 11) is -14.9. The van der Waals surface area contributed by atoms with Crippen molar-refractivity contribution in [1.82, 2.24) is 30.2 Å². The molecule has 0 saturated carbocycles. The molecule has 0 spiro atoms. The molecule has 52 heavy (non-hydrogen) atoms. The molecular weight excluding hydrogens is 762 g/mol. The lowest BCUT2D eigenvalue weighted by Crippen LogP contribution is -2.46. The van der Waals surface area contributed by atoms with Crippen LogP contribution in [0.1, 0.15) is 34.1 Å². The van der Waals surface area contributed by atoms with Crippen LogP contribution in [0, 0.1) is 5.41 Å². The first-order valence-corrected chi connectivity index (χ1v) is 19.9. The fourth-order valence-electron chi connectivity index (χ4n) is 4.72. The lowest BCUT2D eigenvalue weighted by molar-refractivity contribution is -0.137. The lowest BCUT2D eigenvalue weighted by Gasteiger charge is -2.30. The number of anilines is 1. The molecule has 0 aromatic carbocycles. The molecule has 293 valence electrons. The normalized spacial score (nSPS) is 23.8. The molecule has 1 saturated heterocycles. The second kappa shape index (κ2) is 17.8. The Hall–Kier alpha value is -2.44. The molecule has 3 rings (SSSR count). The number of nitrogens with one attached hydrogen (secondary N) is 2. The Balaban J connectivity index is 1.58. The summed E-state index contributed by atoms with van der Waals surface area (Å²) in [6.07, 6.45) is -4.90. The van der Waals surface area contributed by atoms with Gasteiger partial charge in [0.2, 0.25) is 11.8 Å². The van der Waals surface area contributed by atoms with Crippen LogP contribution in [0.4, 0.5) is 5.82 Å². The maximum atomic E-state index is 12.7. The standard InChI is InChI=1S/C24H42BN7O17P3/c1-5-44-25-7-9-27-15(33)6-8-28-22(36)19(35)23(2,3)11-46-52(42,43)49-51(40,41)45-10-14-17(48-50(37,38)39)18(34)24(4,47-14)32-13-31-16-20(26)29-12-30-21(16)32/h12-14,17-19,34-35H,5-11H2,1-4H3,(H,27,33)(H,28,36)(H,40,41)(H,42,43)(H2,26,29,30)(H2,37,38,39). The molecule has 28 heteroatoms. The van der Waals surface area contributed by atoms with Gasteiger partial charge in [-0.2, -0.15) is 4.31 Å². The number of carbonyl (C=O) groups is 2. The van der Waals surface area contributed by atoms with Gasteiger partial charge < -0.3 is 55.5 Å². The molecule has 7 atom stereocenters. The van der Waals surface area contributed by atoms with E-state index in [9.17, 15) is 53.1 Å². The number of aliphatic hydroxyl groups is 2. The van der Waals surface area contributed by atoms with Crippen molar-refractivity contribution in [2.45, 2.75) is 70.6 Å². The van der Waals surface area contributed by atoms with E-state index in [1.807, 2.05) is 6.92 Å². The first-order valence-electron chi connectivity index (χ1n) is 15.4. The summed E-state index contributed by atoms with van der Waals surface area (Å²) in [5, 5.41) is 26.6. The fraction of sp³-hybridized carbons (Fsp3) is 0.708. The van der Waals surface area contributed by atoms with Crippen molar-refractivity contribution in [2.24, 2.45) is 5.41 Å². The van der Waals surface area contributed by atoms with E-state index >= 15 is 0 Å². The quantitative estimate of drug-likeness (QED) is 0.0400. The van der Waals surface area contributed by atoms with Gasteiger partial charge in [0.1, 0.15) is 36.3 Å². The van der Waals surface area contributed by atoms with Crippen molar-refractivity contribution in [2.75, 3.05) is 38.6 Å². The molecule has 2 aromatic rings. The van der Waals surface area contributed by atoms with Crippen LogP contribution in [0.15, 0.2) is 12.7 Å². The summed E-state index contributed by atoms with van der Waals surface area (Å²) in [5.74, 6) is -1.37. The number of amides is 2. The van der Waals surface area contributed by atoms with E-state index < -0.39 is 78.1 Å². The average molecular weight is 804 g/mol. The minimum Gasteiger partial charge on any atom is -0.441 e. The Bertz CT molecular complexity index is 1700. The number of hydrogen-bond acceptors (Lipinski definition) is 17. The van der Waals surface area contributed by atoms with E-state index in [-0.39, 0.29) is 35.9 Å². The molecule has 7 unspecified atom stereocenters. The number of phosphoric acid groups is 3. The smallest absolute Gasteiger partial charge is 0.441 e. The summed E-state index contributed by atoms with van der Waals surface area (Å²) in [4.78, 5) is 75.5. The van der Waals surface area contributed by atoms with Crippen molar-refractivity contribution in [3.63, 3.8) is 0 Å². The van der Waals surface area contributed by atoms with Gasteiger partial charge in [0, 0.05) is 31.5 Å². The zero-order valence-corrected chi connectivity index (χ0v) is 31.1. The van der Waals surface area contributed by atoms with Gasteiger partial charge in [-0.1, -0.05) is 13.8 Å². The van der Waals surface area contributed by atoms with Crippen LogP contribution in [0.25, 0.3) is 11.2 Å². The third-order valence-electron chi connectivity index (χ3n) is 7.43. The molecule has 2 aromatic heterocycles. The molecule has 1 aliphatic rings. The third-order valence-corrected chi connectivity index (χ3v) is 10.5. The molecule has 1 aliphatic heterocycles. The van der Waals surface area contributed by atoms with Crippen molar-refractivity contribution >= 4 is 59.7 Å². The van der Waals surface area contributed by atoms with Crippen LogP contribution in [0.5, 0.6) is 0 Å². The average Bonchev–Trinajstić information content (AvgIpc) is 3.58. The molecule has 2 amide bonds. The van der Waals surface area contributed by atoms with E-state index in [2.05, 4.69) is 29.9 Å². The minimum absolute atomic E-state index is 0.0248. The Morgan fingerprint density at radius 2 is 1.79 bits per heavy atom. The summed E-state index contributed by atoms with van der Waals surface area (Å²) in [6.45, 7) is 4.24. The van der Waals surface area contributed by atoms with Gasteiger partial charge in [-0.25, -0.2) is 28.6 Å². The molecule has 24 nitrogen and oxygen atoms in total. The summed E-state index contributed by atoms with van der Waals surface area (Å²) < 4.78 is 67.5. The topological polar surface area (TPSA) is 356 Å². The number of phosphoric ester groups is 3. The third kappa shape index (κ3) is 12.0. The highest BCUT2D eigenvalue weighted by Crippen LogP contribution is 2.61. The summed E-state index contributed by atoms with van der Waals surface area (Å²) >= 11 is 0. The number of nitrogen functional groups attached to an aromatic ring is 1. The number of fused-ring (bicyclic) bond motifs is 1. The molecule has 1 fully saturated rings. The second-order valence-electron chi connectivity index (χ2n) is 12.0. The molecule has 3 heterocycles. The van der Waals surface area contributed by atoms with Crippen LogP contribution in [-0.4, -0.2) is 126 Å². The Morgan fingerprint density at radius 3 is 2.44 bits per heavy atom. The Kier molecular flexibility index (Phi) is 15.1. The van der Waals surface area contributed by atoms with Gasteiger partial charge in [0.25, 0.3) is 7.48 Å². The van der Waals surface area contributed by atoms with E-state index in [0.29, 0.717) is 19.5 Å². The van der Waals surface area contributed by atoms with Crippen LogP contribution >= 0.6 is 23.5 Å². The number of carbonyl (C=O) groups excluding carboxylic acids is 2. The Labute approximate surface area is 297 Å². The predicted molar refractivity (Wildman–Crippen MR) is 176 cm³/mol. The number of aliphatic hydroxyl groups excluding tert-OH is 2. The monoisotopic (exact) mass is 804 g/mol. The van der Waals surface area contributed by atoms with Gasteiger partial charge in [0.15, 0.2) is 17.2 Å². The highest BCUT2D eigenvalue weighted by molar-refractivity contribution is 7.61. The van der Waals surface area contributed by atoms with Gasteiger partial charge in [-0.15, -0.1) is 0 Å². The predicted octanol–water partition coefficient (Wildman–Crippen LogP) is -1.35. The number of aromatic nitrogens is 4. The van der Waals surface area contributed by atoms with Crippen LogP contribution in [-0.2, 0) is 56.3 Å². The van der Waals surface area contributed by atoms with Gasteiger partial charge in [-0.3, -0.25) is 27.7 Å². The zero-order chi connectivity index (χ0) is 39.1. The first-order chi connectivity index (χ1) is 24.0. The number of imidazole rings is 1. The highest BCUT2D eigenvalue weighted by Gasteiger charge is 2.57. The number of nitrogens with two attached hydrogens (primary N) is 1. The Morgan fingerprint density at radius 1 is 1.12 bits per heavy atom. The molecular formula is C24H42BN7O17P3. The lowest BCUT2D eigenvalue weighted by atomic mass is 9.87. The van der Waals surface area contributed by atoms with E-state index in [1.165, 1.54) is 20.8 Å². The summed E-state index contributed by atoms with van der Waals surface area (Å²) in [5.41, 5.74) is 2.35. The van der Waals surface area contributed by atoms with Gasteiger partial charge in [-0.05, 0) is 20.2 Å². The first kappa shape index (κ1) is 44.0. The number of rotatable bonds is 21. The second-order valence-corrected chi connectivity index (χ2v) is 16.3. The SMILES string of the molecule is CCO[B]CCNC(=O)CCNC(=O)C(O)C(C)(C)COP(=O)(O)OP(=O)(O)OCC1OC(C)(n2cnc3c(N)ncnc32)C(O)C1OP(=O)(O)O. The van der Waals surface area contributed by atoms with E-state index in [1.54, 1.807) is 7.48 Å². The maximum absolute atomic E-state index is 12.7. The van der Waals surface area contributed by atoms with Crippen molar-refractivity contribution in [1.29, 1.82) is 0 Å². The van der Waals surface area contributed by atoms with Gasteiger partial charge >= 0.3 is 23.5 Å². The van der Waals surface area contributed by atoms with Crippen molar-refractivity contribution < 1.29 is 80.3 Å². The van der Waals surface area contributed by atoms with Gasteiger partial charge in [0.05, 0.1) is 19.5 Å².